The molecule has 0 radical (unpaired) electrons. The van der Waals surface area contributed by atoms with Gasteiger partial charge in [-0.05, 0) is 12.1 Å². The van der Waals surface area contributed by atoms with E-state index in [2.05, 4.69) is 0 Å². The Labute approximate surface area is 103 Å². The van der Waals surface area contributed by atoms with Gasteiger partial charge in [0.05, 0.1) is 19.3 Å². The first-order chi connectivity index (χ1) is 8.67. The van der Waals surface area contributed by atoms with Gasteiger partial charge in [-0.1, -0.05) is 12.1 Å². The largest absolute Gasteiger partial charge is 0.493 e. The lowest BCUT2D eigenvalue weighted by molar-refractivity contribution is -0.132. The molecule has 1 N–H and O–H groups in total. The number of fused-ring (bicyclic) bond motifs is 1. The molecular weight excluding hydrogens is 234 g/mol. The maximum absolute atomic E-state index is 11.1. The number of rotatable bonds is 2. The fourth-order valence-electron chi connectivity index (χ4n) is 1.64. The van der Waals surface area contributed by atoms with Crippen LogP contribution in [0.1, 0.15) is 5.56 Å². The van der Waals surface area contributed by atoms with Crippen LogP contribution in [-0.2, 0) is 4.79 Å². The summed E-state index contributed by atoms with van der Waals surface area (Å²) in [5, 5.41) is 17.7. The first-order valence-corrected chi connectivity index (χ1v) is 5.07. The van der Waals surface area contributed by atoms with Crippen molar-refractivity contribution in [3.05, 3.63) is 41.2 Å². The zero-order chi connectivity index (χ0) is 13.1. The molecule has 0 bridgehead atoms. The van der Waals surface area contributed by atoms with Crippen LogP contribution in [-0.4, -0.2) is 18.2 Å². The molecule has 0 fully saturated rings. The van der Waals surface area contributed by atoms with Crippen molar-refractivity contribution in [1.82, 2.24) is 0 Å². The van der Waals surface area contributed by atoms with E-state index in [4.69, 9.17) is 19.8 Å². The molecule has 2 rings (SSSR count). The van der Waals surface area contributed by atoms with Gasteiger partial charge in [0.1, 0.15) is 5.57 Å². The van der Waals surface area contributed by atoms with Crippen LogP contribution < -0.4 is 9.47 Å². The van der Waals surface area contributed by atoms with Crippen molar-refractivity contribution in [1.29, 1.82) is 5.26 Å². The molecule has 5 nitrogen and oxygen atoms in total. The second-order valence-corrected chi connectivity index (χ2v) is 3.48. The Kier molecular flexibility index (Phi) is 3.02. The van der Waals surface area contributed by atoms with Gasteiger partial charge in [-0.2, -0.15) is 5.26 Å². The van der Waals surface area contributed by atoms with Gasteiger partial charge in [-0.15, -0.1) is 0 Å². The first-order valence-electron chi connectivity index (χ1n) is 5.07. The molecule has 0 saturated heterocycles. The van der Waals surface area contributed by atoms with E-state index >= 15 is 0 Å². The summed E-state index contributed by atoms with van der Waals surface area (Å²) in [5.74, 6) is -0.254. The highest BCUT2D eigenvalue weighted by molar-refractivity contribution is 5.98. The number of carbonyl (C=O) groups is 1. The second-order valence-electron chi connectivity index (χ2n) is 3.48. The molecule has 5 heteroatoms. The quantitative estimate of drug-likeness (QED) is 0.803. The Hall–Kier alpha value is -2.74. The zero-order valence-corrected chi connectivity index (χ0v) is 9.51. The van der Waals surface area contributed by atoms with Gasteiger partial charge in [-0.3, -0.25) is 0 Å². The van der Waals surface area contributed by atoms with Gasteiger partial charge in [0.15, 0.2) is 17.3 Å². The lowest BCUT2D eigenvalue weighted by Gasteiger charge is -2.19. The Balaban J connectivity index is 2.62. The zero-order valence-electron chi connectivity index (χ0n) is 9.51. The third kappa shape index (κ3) is 1.92. The van der Waals surface area contributed by atoms with Crippen molar-refractivity contribution in [2.75, 3.05) is 7.11 Å². The van der Waals surface area contributed by atoms with Crippen LogP contribution in [0.25, 0.3) is 6.08 Å². The highest BCUT2D eigenvalue weighted by atomic mass is 16.5. The van der Waals surface area contributed by atoms with E-state index in [-0.39, 0.29) is 11.3 Å². The average molecular weight is 243 g/mol. The van der Waals surface area contributed by atoms with E-state index in [1.807, 2.05) is 0 Å². The number of nitrogens with zero attached hydrogens (tertiary/aromatic N) is 1. The summed E-state index contributed by atoms with van der Waals surface area (Å²) in [7, 11) is 1.49. The van der Waals surface area contributed by atoms with E-state index in [1.54, 1.807) is 24.3 Å². The topological polar surface area (TPSA) is 79.5 Å². The van der Waals surface area contributed by atoms with Crippen molar-refractivity contribution in [3.63, 3.8) is 0 Å². The number of carboxylic acids is 1. The van der Waals surface area contributed by atoms with Gasteiger partial charge in [0.25, 0.3) is 0 Å². The summed E-state index contributed by atoms with van der Waals surface area (Å²) in [6, 6.07) is 6.90. The van der Waals surface area contributed by atoms with Crippen LogP contribution >= 0.6 is 0 Å². The van der Waals surface area contributed by atoms with E-state index in [1.165, 1.54) is 13.2 Å². The molecule has 1 aromatic rings. The number of methoxy groups -OCH3 is 1. The fraction of sp³-hybridized carbons (Fsp3) is 0.0769. The van der Waals surface area contributed by atoms with E-state index in [9.17, 15) is 4.79 Å². The number of ether oxygens (including phenoxy) is 2. The molecule has 0 saturated carbocycles. The smallest absolute Gasteiger partial charge is 0.339 e. The summed E-state index contributed by atoms with van der Waals surface area (Å²) in [5.41, 5.74) is 0.541. The molecule has 1 aliphatic rings. The van der Waals surface area contributed by atoms with Crippen molar-refractivity contribution >= 4 is 12.0 Å². The lowest BCUT2D eigenvalue weighted by atomic mass is 10.0. The van der Waals surface area contributed by atoms with Gasteiger partial charge < -0.3 is 14.6 Å². The highest BCUT2D eigenvalue weighted by Gasteiger charge is 2.24. The summed E-state index contributed by atoms with van der Waals surface area (Å²) >= 11 is 0. The van der Waals surface area contributed by atoms with Crippen LogP contribution in [0, 0.1) is 11.3 Å². The monoisotopic (exact) mass is 243 g/mol. The summed E-state index contributed by atoms with van der Waals surface area (Å²) in [6.07, 6.45) is 2.50. The number of benzene rings is 1. The Morgan fingerprint density at radius 2 is 2.33 bits per heavy atom. The summed E-state index contributed by atoms with van der Waals surface area (Å²) < 4.78 is 10.6. The molecule has 1 aromatic carbocycles. The average Bonchev–Trinajstić information content (AvgIpc) is 2.37. The van der Waals surface area contributed by atoms with E-state index < -0.39 is 5.97 Å². The minimum atomic E-state index is -1.15. The van der Waals surface area contributed by atoms with Gasteiger partial charge in [-0.25, -0.2) is 4.79 Å². The fourth-order valence-corrected chi connectivity index (χ4v) is 1.64. The number of hydrogen-bond donors (Lipinski definition) is 1. The standard InChI is InChI=1S/C13H9NO4/c1-17-11-4-2-3-8-7-9(13(15)16)10(5-6-14)18-12(8)11/h2-5,7H,1H3,(H,15,16)/b10-5+. The molecule has 90 valence electrons. The van der Waals surface area contributed by atoms with Gasteiger partial charge in [0.2, 0.25) is 0 Å². The molecule has 0 spiro atoms. The molecule has 0 aromatic heterocycles. The summed E-state index contributed by atoms with van der Waals surface area (Å²) in [6.45, 7) is 0. The lowest BCUT2D eigenvalue weighted by Crippen LogP contribution is -2.13. The Bertz CT molecular complexity index is 608. The minimum absolute atomic E-state index is 0.00185. The van der Waals surface area contributed by atoms with Crippen LogP contribution in [0.5, 0.6) is 11.5 Å². The normalized spacial score (nSPS) is 15.1. The number of nitriles is 1. The van der Waals surface area contributed by atoms with Crippen LogP contribution in [0.15, 0.2) is 35.6 Å². The SMILES string of the molecule is COc1cccc2c1O/C(=C/C#N)C(C(=O)O)=C2. The maximum atomic E-state index is 11.1. The third-order valence-corrected chi connectivity index (χ3v) is 2.43. The highest BCUT2D eigenvalue weighted by Crippen LogP contribution is 2.38. The van der Waals surface area contributed by atoms with E-state index in [0.29, 0.717) is 17.1 Å². The van der Waals surface area contributed by atoms with Crippen LogP contribution in [0.4, 0.5) is 0 Å². The van der Waals surface area contributed by atoms with Crippen molar-refractivity contribution in [2.45, 2.75) is 0 Å². The molecular formula is C13H9NO4. The van der Waals surface area contributed by atoms with Gasteiger partial charge in [0, 0.05) is 5.56 Å². The predicted molar refractivity (Wildman–Crippen MR) is 62.9 cm³/mol. The Morgan fingerprint density at radius 1 is 1.56 bits per heavy atom. The van der Waals surface area contributed by atoms with Crippen molar-refractivity contribution < 1.29 is 19.4 Å². The maximum Gasteiger partial charge on any atom is 0.339 e. The van der Waals surface area contributed by atoms with Crippen molar-refractivity contribution in [2.24, 2.45) is 0 Å². The molecule has 1 heterocycles. The number of allylic oxidation sites excluding steroid dienone is 1. The second kappa shape index (κ2) is 4.63. The first kappa shape index (κ1) is 11.7. The van der Waals surface area contributed by atoms with Crippen LogP contribution in [0.2, 0.25) is 0 Å². The third-order valence-electron chi connectivity index (χ3n) is 2.43. The number of para-hydroxylation sites is 1. The molecule has 0 aliphatic carbocycles. The molecule has 0 unspecified atom stereocenters. The van der Waals surface area contributed by atoms with Crippen LogP contribution in [0.3, 0.4) is 0 Å². The van der Waals surface area contributed by atoms with Crippen molar-refractivity contribution in [3.8, 4) is 17.6 Å². The van der Waals surface area contributed by atoms with E-state index in [0.717, 1.165) is 6.08 Å². The Morgan fingerprint density at radius 3 is 2.94 bits per heavy atom. The molecule has 0 amide bonds. The number of hydrogen-bond acceptors (Lipinski definition) is 4. The predicted octanol–water partition coefficient (Wildman–Crippen LogP) is 1.96. The number of carboxylic acid groups (broad SMARTS) is 1. The summed E-state index contributed by atoms with van der Waals surface area (Å²) in [4.78, 5) is 11.1. The van der Waals surface area contributed by atoms with Gasteiger partial charge >= 0.3 is 5.97 Å². The molecule has 18 heavy (non-hydrogen) atoms. The number of aliphatic carboxylic acids is 1. The minimum Gasteiger partial charge on any atom is -0.493 e. The molecule has 1 aliphatic heterocycles. The molecule has 0 atom stereocenters.